The van der Waals surface area contributed by atoms with Crippen LogP contribution in [0, 0.1) is 0 Å². The predicted molar refractivity (Wildman–Crippen MR) is 251 cm³/mol. The zero-order valence-electron chi connectivity index (χ0n) is 39.9. The van der Waals surface area contributed by atoms with Crippen molar-refractivity contribution in [3.8, 4) is 0 Å². The summed E-state index contributed by atoms with van der Waals surface area (Å²) in [5.41, 5.74) is 0. The Labute approximate surface area is 350 Å². The Morgan fingerprint density at radius 3 is 0.527 bits per heavy atom. The highest BCUT2D eigenvalue weighted by Gasteiger charge is 2.13. The van der Waals surface area contributed by atoms with Crippen molar-refractivity contribution >= 4 is 0 Å². The topological polar surface area (TPSA) is 15.7 Å². The molecule has 0 atom stereocenters. The Bertz CT molecular complexity index is 632. The Kier molecular flexibility index (Phi) is 43.4. The van der Waals surface area contributed by atoms with Crippen LogP contribution in [0.3, 0.4) is 0 Å². The Morgan fingerprint density at radius 2 is 0.364 bits per heavy atom. The monoisotopic (exact) mass is 777 g/mol. The molecule has 0 aromatic heterocycles. The van der Waals surface area contributed by atoms with Crippen molar-refractivity contribution in [2.45, 2.75) is 311 Å². The summed E-state index contributed by atoms with van der Waals surface area (Å²) in [6.07, 6.45) is 51.6. The SMILES string of the molecule is CC(C)N(CCCCCCCCCCCCCCCCCCCCOCCCCCCCCCCCCCCCCCCCCN(C(C)C)C(C)C)C(C)C. The highest BCUT2D eigenvalue weighted by molar-refractivity contribution is 4.68. The molecule has 0 aliphatic carbocycles. The Hall–Kier alpha value is -0.120. The lowest BCUT2D eigenvalue weighted by Gasteiger charge is -2.30. The maximum atomic E-state index is 5.94. The van der Waals surface area contributed by atoms with Crippen molar-refractivity contribution < 1.29 is 4.74 Å². The molecule has 0 saturated carbocycles. The molecule has 0 aromatic rings. The molecule has 332 valence electrons. The van der Waals surface area contributed by atoms with Gasteiger partial charge in [-0.05, 0) is 94.2 Å². The molecule has 0 unspecified atom stereocenters. The lowest BCUT2D eigenvalue weighted by Crippen LogP contribution is -2.37. The first-order valence-electron chi connectivity index (χ1n) is 25.9. The maximum Gasteiger partial charge on any atom is 0.0466 e. The Morgan fingerprint density at radius 1 is 0.218 bits per heavy atom. The number of hydrogen-bond donors (Lipinski definition) is 0. The summed E-state index contributed by atoms with van der Waals surface area (Å²) in [7, 11) is 0. The van der Waals surface area contributed by atoms with Crippen LogP contribution in [0.2, 0.25) is 0 Å². The highest BCUT2D eigenvalue weighted by Crippen LogP contribution is 2.17. The van der Waals surface area contributed by atoms with Gasteiger partial charge in [0.25, 0.3) is 0 Å². The summed E-state index contributed by atoms with van der Waals surface area (Å²) in [5, 5.41) is 0. The Balaban J connectivity index is 3.15. The molecule has 0 rings (SSSR count). The molecule has 0 N–H and O–H groups in total. The van der Waals surface area contributed by atoms with Gasteiger partial charge >= 0.3 is 0 Å². The molecule has 0 aliphatic heterocycles. The van der Waals surface area contributed by atoms with Gasteiger partial charge in [0.05, 0.1) is 0 Å². The van der Waals surface area contributed by atoms with Crippen LogP contribution in [0.25, 0.3) is 0 Å². The van der Waals surface area contributed by atoms with Crippen LogP contribution >= 0.6 is 0 Å². The molecule has 55 heavy (non-hydrogen) atoms. The molecular weight excluding hydrogens is 669 g/mol. The first-order chi connectivity index (χ1) is 26.8. The van der Waals surface area contributed by atoms with Crippen molar-refractivity contribution in [3.63, 3.8) is 0 Å². The third-order valence-corrected chi connectivity index (χ3v) is 12.6. The smallest absolute Gasteiger partial charge is 0.0466 e. The minimum Gasteiger partial charge on any atom is -0.381 e. The van der Waals surface area contributed by atoms with E-state index in [-0.39, 0.29) is 0 Å². The van der Waals surface area contributed by atoms with Crippen LogP contribution < -0.4 is 0 Å². The second-order valence-electron chi connectivity index (χ2n) is 19.2. The first-order valence-corrected chi connectivity index (χ1v) is 25.9. The average molecular weight is 777 g/mol. The van der Waals surface area contributed by atoms with Gasteiger partial charge in [-0.3, -0.25) is 9.80 Å². The summed E-state index contributed by atoms with van der Waals surface area (Å²) in [5.74, 6) is 0. The van der Waals surface area contributed by atoms with Crippen LogP contribution in [-0.4, -0.2) is 60.3 Å². The van der Waals surface area contributed by atoms with E-state index < -0.39 is 0 Å². The first kappa shape index (κ1) is 54.9. The van der Waals surface area contributed by atoms with E-state index in [9.17, 15) is 0 Å². The molecule has 0 spiro atoms. The number of hydrogen-bond acceptors (Lipinski definition) is 3. The fourth-order valence-electron chi connectivity index (χ4n) is 8.98. The van der Waals surface area contributed by atoms with Crippen LogP contribution in [0.4, 0.5) is 0 Å². The zero-order valence-corrected chi connectivity index (χ0v) is 39.9. The average Bonchev–Trinajstić information content (AvgIpc) is 3.14. The molecule has 0 heterocycles. The van der Waals surface area contributed by atoms with Crippen LogP contribution in [0.15, 0.2) is 0 Å². The lowest BCUT2D eigenvalue weighted by molar-refractivity contribution is 0.125. The van der Waals surface area contributed by atoms with Crippen LogP contribution in [0.1, 0.15) is 287 Å². The fourth-order valence-corrected chi connectivity index (χ4v) is 8.98. The normalized spacial score (nSPS) is 12.3. The van der Waals surface area contributed by atoms with E-state index in [1.165, 1.54) is 244 Å². The summed E-state index contributed by atoms with van der Waals surface area (Å²) in [6, 6.07) is 2.73. The fraction of sp³-hybridized carbons (Fsp3) is 1.00. The molecule has 0 saturated heterocycles. The van der Waals surface area contributed by atoms with Gasteiger partial charge in [0.15, 0.2) is 0 Å². The second-order valence-corrected chi connectivity index (χ2v) is 19.2. The van der Waals surface area contributed by atoms with Crippen LogP contribution in [0.5, 0.6) is 0 Å². The molecule has 0 amide bonds. The maximum absolute atomic E-state index is 5.94. The van der Waals surface area contributed by atoms with Crippen molar-refractivity contribution in [2.75, 3.05) is 26.3 Å². The van der Waals surface area contributed by atoms with Gasteiger partial charge in [0, 0.05) is 37.4 Å². The number of ether oxygens (including phenoxy) is 1. The molecule has 0 aromatic carbocycles. The standard InChI is InChI=1S/C52H108N2O/c1-49(2)53(50(3)4)45-41-37-33-29-25-21-17-13-9-11-15-19-23-27-31-35-39-43-47-55-48-44-40-36-32-28-24-20-16-12-10-14-18-22-26-30-34-38-42-46-54(51(5)6)52(7)8/h49-52H,9-48H2,1-8H3. The largest absolute Gasteiger partial charge is 0.381 e. The van der Waals surface area contributed by atoms with Crippen molar-refractivity contribution in [2.24, 2.45) is 0 Å². The van der Waals surface area contributed by atoms with Gasteiger partial charge < -0.3 is 4.74 Å². The van der Waals surface area contributed by atoms with Gasteiger partial charge in [0.1, 0.15) is 0 Å². The van der Waals surface area contributed by atoms with E-state index in [2.05, 4.69) is 65.2 Å². The van der Waals surface area contributed by atoms with Gasteiger partial charge in [-0.15, -0.1) is 0 Å². The van der Waals surface area contributed by atoms with E-state index in [0.717, 1.165) is 13.2 Å². The second kappa shape index (κ2) is 43.5. The molecule has 3 heteroatoms. The van der Waals surface area contributed by atoms with E-state index in [1.54, 1.807) is 0 Å². The quantitative estimate of drug-likeness (QED) is 0.0573. The van der Waals surface area contributed by atoms with Gasteiger partial charge in [0.2, 0.25) is 0 Å². The summed E-state index contributed by atoms with van der Waals surface area (Å²) < 4.78 is 5.94. The molecule has 0 bridgehead atoms. The molecule has 3 nitrogen and oxygen atoms in total. The minimum absolute atomic E-state index is 0.683. The van der Waals surface area contributed by atoms with E-state index in [4.69, 9.17) is 4.74 Å². The zero-order chi connectivity index (χ0) is 40.5. The van der Waals surface area contributed by atoms with E-state index >= 15 is 0 Å². The lowest BCUT2D eigenvalue weighted by atomic mass is 10.0. The van der Waals surface area contributed by atoms with E-state index in [0.29, 0.717) is 24.2 Å². The van der Waals surface area contributed by atoms with Gasteiger partial charge in [-0.25, -0.2) is 0 Å². The van der Waals surface area contributed by atoms with Crippen LogP contribution in [-0.2, 0) is 4.74 Å². The van der Waals surface area contributed by atoms with Crippen molar-refractivity contribution in [1.29, 1.82) is 0 Å². The molecule has 0 aliphatic rings. The van der Waals surface area contributed by atoms with Gasteiger partial charge in [-0.2, -0.15) is 0 Å². The number of unbranched alkanes of at least 4 members (excludes halogenated alkanes) is 34. The summed E-state index contributed by atoms with van der Waals surface area (Å²) >= 11 is 0. The number of rotatable bonds is 46. The molecule has 0 radical (unpaired) electrons. The summed E-state index contributed by atoms with van der Waals surface area (Å²) in [4.78, 5) is 5.28. The third kappa shape index (κ3) is 40.4. The molecule has 0 fully saturated rings. The highest BCUT2D eigenvalue weighted by atomic mass is 16.5. The van der Waals surface area contributed by atoms with E-state index in [1.807, 2.05) is 0 Å². The van der Waals surface area contributed by atoms with Crippen molar-refractivity contribution in [1.82, 2.24) is 9.80 Å². The predicted octanol–water partition coefficient (Wildman–Crippen LogP) is 17.3. The van der Waals surface area contributed by atoms with Crippen molar-refractivity contribution in [3.05, 3.63) is 0 Å². The third-order valence-electron chi connectivity index (χ3n) is 12.6. The van der Waals surface area contributed by atoms with Gasteiger partial charge in [-0.1, -0.05) is 205 Å². The molecular formula is C52H108N2O. The minimum atomic E-state index is 0.683. The summed E-state index contributed by atoms with van der Waals surface area (Å²) in [6.45, 7) is 23.2. The number of nitrogens with zero attached hydrogens (tertiary/aromatic N) is 2.